The Bertz CT molecular complexity index is 996. The van der Waals surface area contributed by atoms with E-state index in [1.54, 1.807) is 26.2 Å². The van der Waals surface area contributed by atoms with E-state index in [2.05, 4.69) is 25.6 Å². The number of aromatic nitrogens is 4. The minimum Gasteiger partial charge on any atom is -0.398 e. The monoisotopic (exact) mass is 401 g/mol. The first-order valence-electron chi connectivity index (χ1n) is 9.66. The number of imidazole rings is 1. The van der Waals surface area contributed by atoms with Crippen LogP contribution in [0.25, 0.3) is 11.2 Å². The van der Waals surface area contributed by atoms with Crippen LogP contribution in [-0.4, -0.2) is 36.3 Å². The van der Waals surface area contributed by atoms with Gasteiger partial charge in [0.2, 0.25) is 5.95 Å². The lowest BCUT2D eigenvalue weighted by atomic mass is 10.0. The maximum absolute atomic E-state index is 13.6. The molecule has 0 fully saturated rings. The Hall–Kier alpha value is -2.94. The van der Waals surface area contributed by atoms with Gasteiger partial charge in [0.15, 0.2) is 17.0 Å². The molecular formula is C20H28FN7O. The van der Waals surface area contributed by atoms with Crippen LogP contribution in [0.5, 0.6) is 0 Å². The predicted octanol–water partition coefficient (Wildman–Crippen LogP) is 3.14. The van der Waals surface area contributed by atoms with Crippen molar-refractivity contribution >= 4 is 28.6 Å². The summed E-state index contributed by atoms with van der Waals surface area (Å²) in [5, 5.41) is 16.5. The Morgan fingerprint density at radius 1 is 1.31 bits per heavy atom. The molecular weight excluding hydrogens is 373 g/mol. The molecule has 0 aliphatic rings. The molecule has 3 rings (SSSR count). The van der Waals surface area contributed by atoms with Gasteiger partial charge in [-0.15, -0.1) is 0 Å². The molecule has 1 unspecified atom stereocenters. The van der Waals surface area contributed by atoms with Gasteiger partial charge in [-0.2, -0.15) is 9.97 Å². The maximum Gasteiger partial charge on any atom is 0.226 e. The first-order chi connectivity index (χ1) is 13.7. The van der Waals surface area contributed by atoms with Crippen molar-refractivity contribution in [3.63, 3.8) is 0 Å². The number of nitrogens with zero attached hydrogens (tertiary/aromatic N) is 4. The Morgan fingerprint density at radius 2 is 2.07 bits per heavy atom. The van der Waals surface area contributed by atoms with E-state index in [0.717, 1.165) is 0 Å². The number of aliphatic hydroxyl groups is 1. The van der Waals surface area contributed by atoms with Gasteiger partial charge < -0.3 is 26.0 Å². The fraction of sp³-hybridized carbons (Fsp3) is 0.450. The Labute approximate surface area is 169 Å². The highest BCUT2D eigenvalue weighted by Gasteiger charge is 2.19. The number of fused-ring (bicyclic) bond motifs is 1. The number of nitrogen functional groups attached to an aromatic ring is 1. The SMILES string of the molecule is CCn1cnc2c(NCc3cc(F)ccc3N)nc(NC(C)CC(C)(C)O)nc21. The molecule has 29 heavy (non-hydrogen) atoms. The molecule has 0 radical (unpaired) electrons. The molecule has 0 spiro atoms. The molecule has 156 valence electrons. The quantitative estimate of drug-likeness (QED) is 0.429. The summed E-state index contributed by atoms with van der Waals surface area (Å²) >= 11 is 0. The number of nitrogens with one attached hydrogen (secondary N) is 2. The zero-order chi connectivity index (χ0) is 21.2. The normalized spacial score (nSPS) is 12.9. The van der Waals surface area contributed by atoms with Crippen LogP contribution >= 0.6 is 0 Å². The van der Waals surface area contributed by atoms with Crippen molar-refractivity contribution in [3.8, 4) is 0 Å². The molecule has 0 saturated carbocycles. The maximum atomic E-state index is 13.6. The van der Waals surface area contributed by atoms with Crippen LogP contribution in [0.3, 0.4) is 0 Å². The highest BCUT2D eigenvalue weighted by molar-refractivity contribution is 5.84. The molecule has 0 bridgehead atoms. The Balaban J connectivity index is 1.90. The molecule has 1 aromatic carbocycles. The van der Waals surface area contributed by atoms with Crippen molar-refractivity contribution in [2.75, 3.05) is 16.4 Å². The summed E-state index contributed by atoms with van der Waals surface area (Å²) in [6, 6.07) is 4.23. The molecule has 5 N–H and O–H groups in total. The van der Waals surface area contributed by atoms with E-state index in [9.17, 15) is 9.50 Å². The lowest BCUT2D eigenvalue weighted by molar-refractivity contribution is 0.0672. The first kappa shape index (κ1) is 20.8. The molecule has 0 saturated heterocycles. The number of nitrogens with two attached hydrogens (primary N) is 1. The highest BCUT2D eigenvalue weighted by Crippen LogP contribution is 2.24. The topological polar surface area (TPSA) is 114 Å². The lowest BCUT2D eigenvalue weighted by Crippen LogP contribution is -2.29. The first-order valence-corrected chi connectivity index (χ1v) is 9.66. The summed E-state index contributed by atoms with van der Waals surface area (Å²) in [5.41, 5.74) is 7.60. The fourth-order valence-corrected chi connectivity index (χ4v) is 3.29. The van der Waals surface area contributed by atoms with Crippen molar-refractivity contribution in [3.05, 3.63) is 35.9 Å². The number of anilines is 3. The molecule has 0 aliphatic heterocycles. The molecule has 9 heteroatoms. The number of hydrogen-bond donors (Lipinski definition) is 4. The second-order valence-electron chi connectivity index (χ2n) is 7.86. The largest absolute Gasteiger partial charge is 0.398 e. The van der Waals surface area contributed by atoms with Gasteiger partial charge in [-0.05, 0) is 57.9 Å². The summed E-state index contributed by atoms with van der Waals surface area (Å²) in [6.07, 6.45) is 2.25. The molecule has 0 aliphatic carbocycles. The van der Waals surface area contributed by atoms with Gasteiger partial charge in [-0.25, -0.2) is 9.37 Å². The second-order valence-corrected chi connectivity index (χ2v) is 7.86. The van der Waals surface area contributed by atoms with Crippen LogP contribution < -0.4 is 16.4 Å². The number of rotatable bonds is 8. The molecule has 1 atom stereocenters. The van der Waals surface area contributed by atoms with Gasteiger partial charge >= 0.3 is 0 Å². The smallest absolute Gasteiger partial charge is 0.226 e. The van der Waals surface area contributed by atoms with E-state index in [0.29, 0.717) is 53.7 Å². The van der Waals surface area contributed by atoms with Crippen LogP contribution in [0, 0.1) is 5.82 Å². The van der Waals surface area contributed by atoms with Crippen LogP contribution in [0.15, 0.2) is 24.5 Å². The van der Waals surface area contributed by atoms with E-state index >= 15 is 0 Å². The van der Waals surface area contributed by atoms with Crippen LogP contribution in [-0.2, 0) is 13.1 Å². The summed E-state index contributed by atoms with van der Waals surface area (Å²) < 4.78 is 15.5. The van der Waals surface area contributed by atoms with Crippen molar-refractivity contribution in [2.24, 2.45) is 0 Å². The number of aryl methyl sites for hydroxylation is 1. The molecule has 8 nitrogen and oxygen atoms in total. The van der Waals surface area contributed by atoms with E-state index < -0.39 is 5.60 Å². The average molecular weight is 401 g/mol. The summed E-state index contributed by atoms with van der Waals surface area (Å²) in [7, 11) is 0. The number of hydrogen-bond acceptors (Lipinski definition) is 7. The third-order valence-corrected chi connectivity index (χ3v) is 4.54. The zero-order valence-corrected chi connectivity index (χ0v) is 17.2. The third kappa shape index (κ3) is 5.11. The third-order valence-electron chi connectivity index (χ3n) is 4.54. The molecule has 2 heterocycles. The van der Waals surface area contributed by atoms with Gasteiger partial charge in [0.05, 0.1) is 11.9 Å². The van der Waals surface area contributed by atoms with E-state index in [1.807, 2.05) is 18.4 Å². The van der Waals surface area contributed by atoms with Crippen LogP contribution in [0.1, 0.15) is 39.7 Å². The van der Waals surface area contributed by atoms with Gasteiger partial charge in [0.1, 0.15) is 5.82 Å². The van der Waals surface area contributed by atoms with Crippen molar-refractivity contribution in [1.82, 2.24) is 19.5 Å². The fourth-order valence-electron chi connectivity index (χ4n) is 3.29. The minimum atomic E-state index is -0.808. The van der Waals surface area contributed by atoms with E-state index in [4.69, 9.17) is 5.73 Å². The second kappa shape index (κ2) is 8.20. The number of halogens is 1. The van der Waals surface area contributed by atoms with Gasteiger partial charge in [-0.1, -0.05) is 0 Å². The summed E-state index contributed by atoms with van der Waals surface area (Å²) in [4.78, 5) is 13.6. The Kier molecular flexibility index (Phi) is 5.88. The molecule has 3 aromatic rings. The highest BCUT2D eigenvalue weighted by atomic mass is 19.1. The van der Waals surface area contributed by atoms with E-state index in [1.165, 1.54) is 12.1 Å². The van der Waals surface area contributed by atoms with Crippen molar-refractivity contribution in [2.45, 2.75) is 58.8 Å². The minimum absolute atomic E-state index is 0.0443. The van der Waals surface area contributed by atoms with E-state index in [-0.39, 0.29) is 11.9 Å². The van der Waals surface area contributed by atoms with Crippen LogP contribution in [0.2, 0.25) is 0 Å². The Morgan fingerprint density at radius 3 is 2.76 bits per heavy atom. The summed E-state index contributed by atoms with van der Waals surface area (Å²) in [5.74, 6) is 0.616. The number of benzene rings is 1. The van der Waals surface area contributed by atoms with Crippen LogP contribution in [0.4, 0.5) is 21.8 Å². The van der Waals surface area contributed by atoms with Gasteiger partial charge in [0, 0.05) is 24.8 Å². The summed E-state index contributed by atoms with van der Waals surface area (Å²) in [6.45, 7) is 8.50. The average Bonchev–Trinajstić information content (AvgIpc) is 3.03. The lowest BCUT2D eigenvalue weighted by Gasteiger charge is -2.23. The van der Waals surface area contributed by atoms with Crippen molar-refractivity contribution < 1.29 is 9.50 Å². The predicted molar refractivity (Wildman–Crippen MR) is 113 cm³/mol. The van der Waals surface area contributed by atoms with Gasteiger partial charge in [-0.3, -0.25) is 0 Å². The molecule has 0 amide bonds. The zero-order valence-electron chi connectivity index (χ0n) is 17.2. The van der Waals surface area contributed by atoms with Crippen molar-refractivity contribution in [1.29, 1.82) is 0 Å². The standard InChI is InChI=1S/C20H28FN7O/c1-5-28-11-24-16-17(23-10-13-8-14(21)6-7-15(13)22)26-19(27-18(16)28)25-12(2)9-20(3,4)29/h6-8,11-12,29H,5,9-10,22H2,1-4H3,(H2,23,25,26,27). The van der Waals surface area contributed by atoms with Gasteiger partial charge in [0.25, 0.3) is 0 Å². The molecule has 2 aromatic heterocycles.